The van der Waals surface area contributed by atoms with E-state index in [4.69, 9.17) is 16.3 Å². The van der Waals surface area contributed by atoms with Crippen molar-refractivity contribution in [2.45, 2.75) is 39.3 Å². The number of rotatable bonds is 4. The molecule has 1 rings (SSSR count). The summed E-state index contributed by atoms with van der Waals surface area (Å²) in [6.45, 7) is 6.81. The Morgan fingerprint density at radius 3 is 2.29 bits per heavy atom. The summed E-state index contributed by atoms with van der Waals surface area (Å²) >= 11 is 5.76. The van der Waals surface area contributed by atoms with Gasteiger partial charge >= 0.3 is 6.09 Å². The zero-order valence-corrected chi connectivity index (χ0v) is 13.2. The number of benzene rings is 1. The Bertz CT molecular complexity index is 497. The zero-order chi connectivity index (χ0) is 16.0. The first-order chi connectivity index (χ1) is 9.67. The van der Waals surface area contributed by atoms with Crippen molar-refractivity contribution in [1.82, 2.24) is 10.7 Å². The molecule has 0 radical (unpaired) electrons. The van der Waals surface area contributed by atoms with Crippen LogP contribution in [-0.4, -0.2) is 23.6 Å². The first-order valence-corrected chi connectivity index (χ1v) is 6.86. The maximum Gasteiger partial charge on any atom is 0.408 e. The Morgan fingerprint density at radius 1 is 1.19 bits per heavy atom. The fourth-order valence-corrected chi connectivity index (χ4v) is 1.45. The third-order valence-electron chi connectivity index (χ3n) is 2.30. The van der Waals surface area contributed by atoms with Crippen LogP contribution in [0.3, 0.4) is 0 Å². The van der Waals surface area contributed by atoms with Gasteiger partial charge in [-0.1, -0.05) is 11.6 Å². The van der Waals surface area contributed by atoms with Crippen molar-refractivity contribution in [1.29, 1.82) is 0 Å². The van der Waals surface area contributed by atoms with Crippen LogP contribution in [0.25, 0.3) is 0 Å². The van der Waals surface area contributed by atoms with Crippen molar-refractivity contribution < 1.29 is 14.3 Å². The summed E-state index contributed by atoms with van der Waals surface area (Å²) in [7, 11) is 0. The number of hydrogen-bond donors (Lipinski definition) is 3. The summed E-state index contributed by atoms with van der Waals surface area (Å²) in [6, 6.07) is 6.08. The summed E-state index contributed by atoms with van der Waals surface area (Å²) in [5, 5.41) is 3.05. The number of amides is 2. The molecular formula is C14H20ClN3O3. The molecule has 0 spiro atoms. The minimum absolute atomic E-state index is 0.393. The molecule has 0 aliphatic carbocycles. The molecule has 0 fully saturated rings. The second kappa shape index (κ2) is 7.17. The number of hydrogen-bond acceptors (Lipinski definition) is 4. The van der Waals surface area contributed by atoms with Crippen LogP contribution in [0.15, 0.2) is 24.3 Å². The van der Waals surface area contributed by atoms with Crippen molar-refractivity contribution in [2.24, 2.45) is 0 Å². The molecule has 0 saturated carbocycles. The molecule has 7 heteroatoms. The number of alkyl carbamates (subject to hydrolysis) is 1. The van der Waals surface area contributed by atoms with Crippen molar-refractivity contribution in [3.63, 3.8) is 0 Å². The highest BCUT2D eigenvalue weighted by Gasteiger charge is 2.20. The van der Waals surface area contributed by atoms with Gasteiger partial charge in [0.15, 0.2) is 0 Å². The molecule has 1 aromatic rings. The Balaban J connectivity index is 2.40. The van der Waals surface area contributed by atoms with Crippen LogP contribution < -0.4 is 16.2 Å². The zero-order valence-electron chi connectivity index (χ0n) is 12.5. The second-order valence-electron chi connectivity index (χ2n) is 5.49. The lowest BCUT2D eigenvalue weighted by atomic mass is 10.2. The fourth-order valence-electron chi connectivity index (χ4n) is 1.33. The minimum atomic E-state index is -0.736. The van der Waals surface area contributed by atoms with Crippen LogP contribution >= 0.6 is 11.6 Å². The predicted molar refractivity (Wildman–Crippen MR) is 82.0 cm³/mol. The molecule has 6 nitrogen and oxygen atoms in total. The minimum Gasteiger partial charge on any atom is -0.444 e. The number of ether oxygens (including phenoxy) is 1. The van der Waals surface area contributed by atoms with Crippen LogP contribution in [0.5, 0.6) is 0 Å². The van der Waals surface area contributed by atoms with Gasteiger partial charge < -0.3 is 10.1 Å². The van der Waals surface area contributed by atoms with Crippen LogP contribution in [0.4, 0.5) is 10.5 Å². The molecule has 2 amide bonds. The van der Waals surface area contributed by atoms with Gasteiger partial charge in [-0.05, 0) is 52.0 Å². The molecule has 21 heavy (non-hydrogen) atoms. The average molecular weight is 314 g/mol. The molecule has 116 valence electrons. The number of anilines is 1. The van der Waals surface area contributed by atoms with E-state index >= 15 is 0 Å². The van der Waals surface area contributed by atoms with Crippen LogP contribution in [-0.2, 0) is 9.53 Å². The molecule has 0 aliphatic rings. The second-order valence-corrected chi connectivity index (χ2v) is 5.93. The molecule has 1 aromatic carbocycles. The van der Waals surface area contributed by atoms with Gasteiger partial charge in [-0.25, -0.2) is 4.79 Å². The third kappa shape index (κ3) is 6.85. The SMILES string of the molecule is CC(NC(=O)OC(C)(C)C)C(=O)NNc1ccc(Cl)cc1. The van der Waals surface area contributed by atoms with E-state index in [2.05, 4.69) is 16.2 Å². The van der Waals surface area contributed by atoms with Crippen LogP contribution in [0, 0.1) is 0 Å². The molecule has 0 bridgehead atoms. The van der Waals surface area contributed by atoms with E-state index in [9.17, 15) is 9.59 Å². The highest BCUT2D eigenvalue weighted by molar-refractivity contribution is 6.30. The summed E-state index contributed by atoms with van der Waals surface area (Å²) in [4.78, 5) is 23.4. The van der Waals surface area contributed by atoms with Crippen LogP contribution in [0.1, 0.15) is 27.7 Å². The topological polar surface area (TPSA) is 79.5 Å². The van der Waals surface area contributed by atoms with Crippen molar-refractivity contribution in [3.8, 4) is 0 Å². The summed E-state index contributed by atoms with van der Waals surface area (Å²) < 4.78 is 5.07. The number of halogens is 1. The van der Waals surface area contributed by atoms with E-state index in [1.807, 2.05) is 0 Å². The largest absolute Gasteiger partial charge is 0.444 e. The van der Waals surface area contributed by atoms with Gasteiger partial charge in [-0.15, -0.1) is 0 Å². The van der Waals surface area contributed by atoms with Gasteiger partial charge in [-0.3, -0.25) is 15.6 Å². The lowest BCUT2D eigenvalue weighted by Crippen LogP contribution is -2.47. The van der Waals surface area contributed by atoms with E-state index in [1.165, 1.54) is 0 Å². The standard InChI is InChI=1S/C14H20ClN3O3/c1-9(16-13(20)21-14(2,3)4)12(19)18-17-11-7-5-10(15)6-8-11/h5-9,17H,1-4H3,(H,16,20)(H,18,19). The Labute approximate surface area is 129 Å². The highest BCUT2D eigenvalue weighted by Crippen LogP contribution is 2.12. The summed E-state index contributed by atoms with van der Waals surface area (Å²) in [5.41, 5.74) is 5.28. The van der Waals surface area contributed by atoms with Crippen molar-refractivity contribution in [2.75, 3.05) is 5.43 Å². The molecule has 1 unspecified atom stereocenters. The smallest absolute Gasteiger partial charge is 0.408 e. The molecule has 0 aromatic heterocycles. The summed E-state index contributed by atoms with van der Waals surface area (Å²) in [6.07, 6.45) is -0.642. The van der Waals surface area contributed by atoms with Gasteiger partial charge in [0, 0.05) is 5.02 Å². The van der Waals surface area contributed by atoms with E-state index < -0.39 is 23.6 Å². The molecule has 0 aliphatic heterocycles. The van der Waals surface area contributed by atoms with Gasteiger partial charge in [0.2, 0.25) is 0 Å². The first kappa shape index (κ1) is 17.1. The number of hydrazine groups is 1. The predicted octanol–water partition coefficient (Wildman–Crippen LogP) is 2.70. The third-order valence-corrected chi connectivity index (χ3v) is 2.55. The van der Waals surface area contributed by atoms with E-state index in [0.29, 0.717) is 10.7 Å². The number of carbonyl (C=O) groups excluding carboxylic acids is 2. The van der Waals surface area contributed by atoms with Gasteiger partial charge in [0.25, 0.3) is 5.91 Å². The Kier molecular flexibility index (Phi) is 5.84. The van der Waals surface area contributed by atoms with Crippen molar-refractivity contribution in [3.05, 3.63) is 29.3 Å². The molecular weight excluding hydrogens is 294 g/mol. The number of nitrogens with one attached hydrogen (secondary N) is 3. The summed E-state index contributed by atoms with van der Waals surface area (Å²) in [5.74, 6) is -0.393. The molecule has 0 saturated heterocycles. The fraction of sp³-hybridized carbons (Fsp3) is 0.429. The van der Waals surface area contributed by atoms with E-state index in [-0.39, 0.29) is 0 Å². The molecule has 0 heterocycles. The van der Waals surface area contributed by atoms with E-state index in [0.717, 1.165) is 0 Å². The average Bonchev–Trinajstić information content (AvgIpc) is 2.35. The maximum absolute atomic E-state index is 11.8. The van der Waals surface area contributed by atoms with E-state index in [1.54, 1.807) is 52.0 Å². The Hall–Kier alpha value is -1.95. The van der Waals surface area contributed by atoms with Gasteiger partial charge in [0.05, 0.1) is 5.69 Å². The van der Waals surface area contributed by atoms with Crippen molar-refractivity contribution >= 4 is 29.3 Å². The Morgan fingerprint density at radius 2 is 1.76 bits per heavy atom. The maximum atomic E-state index is 11.8. The lowest BCUT2D eigenvalue weighted by Gasteiger charge is -2.21. The monoisotopic (exact) mass is 313 g/mol. The normalized spacial score (nSPS) is 12.2. The quantitative estimate of drug-likeness (QED) is 0.747. The molecule has 1 atom stereocenters. The molecule has 3 N–H and O–H groups in total. The van der Waals surface area contributed by atoms with Gasteiger partial charge in [0.1, 0.15) is 11.6 Å². The highest BCUT2D eigenvalue weighted by atomic mass is 35.5. The van der Waals surface area contributed by atoms with Gasteiger partial charge in [-0.2, -0.15) is 0 Å². The lowest BCUT2D eigenvalue weighted by molar-refractivity contribution is -0.122. The first-order valence-electron chi connectivity index (χ1n) is 6.48. The van der Waals surface area contributed by atoms with Crippen LogP contribution in [0.2, 0.25) is 5.02 Å². The number of carbonyl (C=O) groups is 2.